The highest BCUT2D eigenvalue weighted by Crippen LogP contribution is 2.29. The maximum Gasteiger partial charge on any atom is 0.251 e. The fraction of sp³-hybridized carbons (Fsp3) is 0.200. The molecule has 0 saturated heterocycles. The quantitative estimate of drug-likeness (QED) is 0.324. The summed E-state index contributed by atoms with van der Waals surface area (Å²) < 4.78 is 0. The number of carbonyl (C=O) groups is 1. The van der Waals surface area contributed by atoms with Crippen LogP contribution in [0.2, 0.25) is 0 Å². The summed E-state index contributed by atoms with van der Waals surface area (Å²) in [5.74, 6) is 1.67. The number of carbonyl (C=O) groups excluding carboxylic acids is 1. The summed E-state index contributed by atoms with van der Waals surface area (Å²) in [4.78, 5) is 37.0. The van der Waals surface area contributed by atoms with Crippen molar-refractivity contribution in [3.63, 3.8) is 0 Å². The first-order valence-corrected chi connectivity index (χ1v) is 12.9. The van der Waals surface area contributed by atoms with E-state index in [2.05, 4.69) is 54.5 Å². The van der Waals surface area contributed by atoms with Crippen molar-refractivity contribution in [2.45, 2.75) is 25.9 Å². The van der Waals surface area contributed by atoms with Crippen LogP contribution in [-0.2, 0) is 13.1 Å². The minimum atomic E-state index is -0.121. The van der Waals surface area contributed by atoms with Gasteiger partial charge in [-0.2, -0.15) is 0 Å². The largest absolute Gasteiger partial charge is 0.369 e. The van der Waals surface area contributed by atoms with Gasteiger partial charge in [0.2, 0.25) is 0 Å². The third-order valence-corrected chi connectivity index (χ3v) is 7.16. The molecule has 4 aromatic heterocycles. The molecule has 1 amide bonds. The molecular formula is C30H28N8O. The number of fused-ring (bicyclic) bond motifs is 2. The second-order valence-corrected chi connectivity index (χ2v) is 9.66. The Kier molecular flexibility index (Phi) is 6.54. The van der Waals surface area contributed by atoms with Crippen molar-refractivity contribution in [2.24, 2.45) is 0 Å². The van der Waals surface area contributed by atoms with E-state index in [1.807, 2.05) is 48.9 Å². The average molecular weight is 517 g/mol. The topological polar surface area (TPSA) is 109 Å². The number of amides is 1. The van der Waals surface area contributed by atoms with Gasteiger partial charge in [-0.3, -0.25) is 14.8 Å². The molecule has 6 rings (SSSR count). The number of para-hydroxylation sites is 1. The monoisotopic (exact) mass is 516 g/mol. The molecule has 0 fully saturated rings. The van der Waals surface area contributed by atoms with Gasteiger partial charge in [-0.05, 0) is 41.0 Å². The van der Waals surface area contributed by atoms with Crippen molar-refractivity contribution in [2.75, 3.05) is 23.8 Å². The summed E-state index contributed by atoms with van der Waals surface area (Å²) in [5, 5.41) is 6.99. The average Bonchev–Trinajstić information content (AvgIpc) is 3.43. The third kappa shape index (κ3) is 4.86. The Morgan fingerprint density at radius 3 is 2.69 bits per heavy atom. The standard InChI is InChI=1S/C30H28N8O/c1-19(23-4-3-5-24-25(30(39)31-2)9-11-33-29(23)24)13-34-27-12-26(36-18-37-27)20-6-7-28(35-15-20)38-16-21-8-10-32-14-22(21)17-38/h3-12,14-15,18-19H,13,16-17H2,1-2H3,(H,31,39)(H,34,36,37)/t19-/m1/s1. The van der Waals surface area contributed by atoms with Crippen molar-refractivity contribution in [3.8, 4) is 11.3 Å². The smallest absolute Gasteiger partial charge is 0.251 e. The van der Waals surface area contributed by atoms with E-state index in [4.69, 9.17) is 4.98 Å². The molecule has 1 atom stereocenters. The van der Waals surface area contributed by atoms with E-state index in [1.165, 1.54) is 11.1 Å². The van der Waals surface area contributed by atoms with Crippen molar-refractivity contribution >= 4 is 28.4 Å². The van der Waals surface area contributed by atoms with Crippen LogP contribution in [0, 0.1) is 0 Å². The van der Waals surface area contributed by atoms with Crippen molar-refractivity contribution < 1.29 is 4.79 Å². The van der Waals surface area contributed by atoms with E-state index in [-0.39, 0.29) is 11.8 Å². The van der Waals surface area contributed by atoms with Gasteiger partial charge in [0.25, 0.3) is 5.91 Å². The molecule has 1 aliphatic rings. The van der Waals surface area contributed by atoms with E-state index in [0.29, 0.717) is 12.1 Å². The first kappa shape index (κ1) is 24.4. The molecule has 9 nitrogen and oxygen atoms in total. The lowest BCUT2D eigenvalue weighted by molar-refractivity contribution is 0.0964. The number of aromatic nitrogens is 5. The van der Waals surface area contributed by atoms with Crippen LogP contribution in [0.3, 0.4) is 0 Å². The lowest BCUT2D eigenvalue weighted by Crippen LogP contribution is -2.18. The fourth-order valence-corrected chi connectivity index (χ4v) is 5.02. The van der Waals surface area contributed by atoms with Gasteiger partial charge in [0.1, 0.15) is 18.0 Å². The predicted molar refractivity (Wildman–Crippen MR) is 151 cm³/mol. The number of rotatable bonds is 7. The second kappa shape index (κ2) is 10.4. The molecule has 0 bridgehead atoms. The molecule has 5 heterocycles. The molecule has 0 aliphatic carbocycles. The molecule has 194 valence electrons. The molecule has 9 heteroatoms. The van der Waals surface area contributed by atoms with Crippen LogP contribution in [0.1, 0.15) is 39.9 Å². The molecule has 1 aliphatic heterocycles. The van der Waals surface area contributed by atoms with Gasteiger partial charge >= 0.3 is 0 Å². The van der Waals surface area contributed by atoms with Gasteiger partial charge < -0.3 is 15.5 Å². The van der Waals surface area contributed by atoms with Crippen LogP contribution in [0.5, 0.6) is 0 Å². The molecule has 39 heavy (non-hydrogen) atoms. The molecule has 2 N–H and O–H groups in total. The van der Waals surface area contributed by atoms with Crippen LogP contribution in [0.25, 0.3) is 22.2 Å². The number of nitrogens with zero attached hydrogens (tertiary/aromatic N) is 6. The summed E-state index contributed by atoms with van der Waals surface area (Å²) in [6.07, 6.45) is 8.88. The molecule has 0 spiro atoms. The minimum absolute atomic E-state index is 0.121. The zero-order chi connectivity index (χ0) is 26.8. The number of pyridine rings is 3. The Hall–Kier alpha value is -4.92. The van der Waals surface area contributed by atoms with E-state index < -0.39 is 0 Å². The van der Waals surface area contributed by atoms with Gasteiger partial charge in [0, 0.05) is 74.4 Å². The molecule has 1 aromatic carbocycles. The molecular weight excluding hydrogens is 488 g/mol. The van der Waals surface area contributed by atoms with Crippen LogP contribution >= 0.6 is 0 Å². The zero-order valence-electron chi connectivity index (χ0n) is 21.8. The second-order valence-electron chi connectivity index (χ2n) is 9.66. The number of hydrogen-bond acceptors (Lipinski definition) is 8. The van der Waals surface area contributed by atoms with Gasteiger partial charge in [-0.15, -0.1) is 0 Å². The van der Waals surface area contributed by atoms with Gasteiger partial charge in [0.15, 0.2) is 0 Å². The third-order valence-electron chi connectivity index (χ3n) is 7.16. The normalized spacial score (nSPS) is 13.2. The van der Waals surface area contributed by atoms with Crippen LogP contribution in [0.15, 0.2) is 79.6 Å². The summed E-state index contributed by atoms with van der Waals surface area (Å²) >= 11 is 0. The predicted octanol–water partition coefficient (Wildman–Crippen LogP) is 4.58. The Morgan fingerprint density at radius 2 is 1.87 bits per heavy atom. The highest BCUT2D eigenvalue weighted by molar-refractivity contribution is 6.06. The maximum absolute atomic E-state index is 12.3. The highest BCUT2D eigenvalue weighted by Gasteiger charge is 2.20. The lowest BCUT2D eigenvalue weighted by atomic mass is 9.96. The molecule has 0 saturated carbocycles. The molecule has 0 radical (unpaired) electrons. The van der Waals surface area contributed by atoms with Crippen LogP contribution < -0.4 is 15.5 Å². The summed E-state index contributed by atoms with van der Waals surface area (Å²) in [7, 11) is 1.63. The van der Waals surface area contributed by atoms with E-state index >= 15 is 0 Å². The van der Waals surface area contributed by atoms with Gasteiger partial charge in [-0.25, -0.2) is 15.0 Å². The number of anilines is 2. The SMILES string of the molecule is CNC(=O)c1ccnc2c([C@H](C)CNc3cc(-c4ccc(N5Cc6ccncc6C5)nc4)ncn3)cccc12. The van der Waals surface area contributed by atoms with Crippen molar-refractivity contribution in [3.05, 3.63) is 102 Å². The number of nitrogens with one attached hydrogen (secondary N) is 2. The van der Waals surface area contributed by atoms with E-state index in [0.717, 1.165) is 52.4 Å². The molecule has 0 unspecified atom stereocenters. The van der Waals surface area contributed by atoms with Gasteiger partial charge in [0.05, 0.1) is 16.8 Å². The Bertz CT molecular complexity index is 1630. The van der Waals surface area contributed by atoms with E-state index in [9.17, 15) is 4.79 Å². The highest BCUT2D eigenvalue weighted by atomic mass is 16.1. The van der Waals surface area contributed by atoms with Crippen LogP contribution in [-0.4, -0.2) is 44.4 Å². The lowest BCUT2D eigenvalue weighted by Gasteiger charge is -2.17. The van der Waals surface area contributed by atoms with Crippen molar-refractivity contribution in [1.29, 1.82) is 0 Å². The van der Waals surface area contributed by atoms with E-state index in [1.54, 1.807) is 25.6 Å². The first-order chi connectivity index (χ1) is 19.1. The van der Waals surface area contributed by atoms with Crippen molar-refractivity contribution in [1.82, 2.24) is 30.2 Å². The minimum Gasteiger partial charge on any atom is -0.369 e. The summed E-state index contributed by atoms with van der Waals surface area (Å²) in [6, 6.07) is 15.8. The number of hydrogen-bond donors (Lipinski definition) is 2. The fourth-order valence-electron chi connectivity index (χ4n) is 5.02. The Balaban J connectivity index is 1.15. The van der Waals surface area contributed by atoms with Crippen LogP contribution in [0.4, 0.5) is 11.6 Å². The summed E-state index contributed by atoms with van der Waals surface area (Å²) in [5.41, 5.74) is 6.79. The maximum atomic E-state index is 12.3. The summed E-state index contributed by atoms with van der Waals surface area (Å²) in [6.45, 7) is 4.42. The molecule has 5 aromatic rings. The van der Waals surface area contributed by atoms with Gasteiger partial charge in [-0.1, -0.05) is 25.1 Å². The zero-order valence-corrected chi connectivity index (χ0v) is 21.8. The number of benzene rings is 1. The Morgan fingerprint density at radius 1 is 0.974 bits per heavy atom. The Labute approximate surface area is 226 Å². The first-order valence-electron chi connectivity index (χ1n) is 12.9.